The fourth-order valence-corrected chi connectivity index (χ4v) is 5.46. The zero-order valence-corrected chi connectivity index (χ0v) is 19.4. The number of rotatable bonds is 6. The number of aromatic nitrogens is 1. The van der Waals surface area contributed by atoms with Crippen molar-refractivity contribution in [3.8, 4) is 11.3 Å². The molecule has 0 unspecified atom stereocenters. The minimum absolute atomic E-state index is 0.0605. The van der Waals surface area contributed by atoms with E-state index in [9.17, 15) is 9.59 Å². The zero-order valence-electron chi connectivity index (χ0n) is 19.4. The molecule has 6 heteroatoms. The maximum Gasteiger partial charge on any atom is 0.230 e. The Labute approximate surface area is 190 Å². The third kappa shape index (κ3) is 5.05. The van der Waals surface area contributed by atoms with Gasteiger partial charge >= 0.3 is 0 Å². The van der Waals surface area contributed by atoms with Gasteiger partial charge in [-0.1, -0.05) is 54.8 Å². The molecule has 2 aliphatic rings. The first-order valence-corrected chi connectivity index (χ1v) is 12.0. The van der Waals surface area contributed by atoms with E-state index in [1.807, 2.05) is 41.3 Å². The molecule has 2 amide bonds. The summed E-state index contributed by atoms with van der Waals surface area (Å²) in [5, 5.41) is 4.24. The first-order valence-electron chi connectivity index (χ1n) is 12.0. The van der Waals surface area contributed by atoms with Crippen LogP contribution in [0.2, 0.25) is 0 Å². The minimum Gasteiger partial charge on any atom is -0.361 e. The molecule has 2 heterocycles. The molecule has 0 bridgehead atoms. The van der Waals surface area contributed by atoms with E-state index < -0.39 is 5.41 Å². The van der Waals surface area contributed by atoms with Crippen molar-refractivity contribution in [2.24, 2.45) is 11.3 Å². The van der Waals surface area contributed by atoms with Crippen LogP contribution in [0.4, 0.5) is 0 Å². The number of nitrogens with zero attached hydrogens (tertiary/aromatic N) is 3. The van der Waals surface area contributed by atoms with Crippen LogP contribution in [0.5, 0.6) is 0 Å². The number of benzene rings is 1. The zero-order chi connectivity index (χ0) is 22.6. The van der Waals surface area contributed by atoms with Gasteiger partial charge in [0.2, 0.25) is 11.8 Å². The lowest BCUT2D eigenvalue weighted by atomic mass is 9.74. The second-order valence-electron chi connectivity index (χ2n) is 9.83. The van der Waals surface area contributed by atoms with Crippen LogP contribution < -0.4 is 0 Å². The monoisotopic (exact) mass is 437 g/mol. The minimum atomic E-state index is -0.669. The first-order chi connectivity index (χ1) is 15.5. The van der Waals surface area contributed by atoms with Gasteiger partial charge in [-0.25, -0.2) is 0 Å². The van der Waals surface area contributed by atoms with Crippen molar-refractivity contribution in [3.05, 3.63) is 42.2 Å². The molecule has 0 radical (unpaired) electrons. The number of piperidine rings is 1. The summed E-state index contributed by atoms with van der Waals surface area (Å²) >= 11 is 0. The van der Waals surface area contributed by atoms with Crippen LogP contribution in [0, 0.1) is 11.3 Å². The molecular formula is C26H35N3O3. The van der Waals surface area contributed by atoms with Crippen molar-refractivity contribution >= 4 is 11.8 Å². The summed E-state index contributed by atoms with van der Waals surface area (Å²) in [5.74, 6) is 1.46. The van der Waals surface area contributed by atoms with E-state index in [1.54, 1.807) is 19.0 Å². The molecule has 2 fully saturated rings. The van der Waals surface area contributed by atoms with Gasteiger partial charge in [-0.05, 0) is 31.6 Å². The van der Waals surface area contributed by atoms with Crippen LogP contribution in [0.1, 0.15) is 57.1 Å². The molecule has 172 valence electrons. The third-order valence-electron chi connectivity index (χ3n) is 7.12. The van der Waals surface area contributed by atoms with Crippen LogP contribution in [0.25, 0.3) is 11.3 Å². The Balaban J connectivity index is 1.51. The molecule has 1 aliphatic carbocycles. The van der Waals surface area contributed by atoms with Crippen LogP contribution >= 0.6 is 0 Å². The summed E-state index contributed by atoms with van der Waals surface area (Å²) in [6.45, 7) is 1.19. The van der Waals surface area contributed by atoms with Crippen molar-refractivity contribution in [1.82, 2.24) is 15.0 Å². The van der Waals surface area contributed by atoms with Gasteiger partial charge in [0.15, 0.2) is 0 Å². The highest BCUT2D eigenvalue weighted by Gasteiger charge is 2.45. The molecule has 4 rings (SSSR count). The largest absolute Gasteiger partial charge is 0.361 e. The van der Waals surface area contributed by atoms with Gasteiger partial charge in [0.25, 0.3) is 0 Å². The topological polar surface area (TPSA) is 66.7 Å². The molecule has 1 saturated heterocycles. The lowest BCUT2D eigenvalue weighted by molar-refractivity contribution is -0.148. The van der Waals surface area contributed by atoms with Gasteiger partial charge in [0, 0.05) is 51.7 Å². The molecule has 2 aromatic rings. The number of carbonyl (C=O) groups excluding carboxylic acids is 2. The lowest BCUT2D eigenvalue weighted by Gasteiger charge is -2.43. The van der Waals surface area contributed by atoms with Crippen molar-refractivity contribution in [3.63, 3.8) is 0 Å². The van der Waals surface area contributed by atoms with Gasteiger partial charge in [-0.2, -0.15) is 0 Å². The molecule has 1 aromatic heterocycles. The Morgan fingerprint density at radius 2 is 1.88 bits per heavy atom. The third-order valence-corrected chi connectivity index (χ3v) is 7.12. The number of hydrogen-bond acceptors (Lipinski definition) is 4. The summed E-state index contributed by atoms with van der Waals surface area (Å²) < 4.78 is 5.67. The predicted molar refractivity (Wildman–Crippen MR) is 124 cm³/mol. The van der Waals surface area contributed by atoms with E-state index in [1.165, 1.54) is 19.3 Å². The Morgan fingerprint density at radius 1 is 1.12 bits per heavy atom. The molecule has 32 heavy (non-hydrogen) atoms. The number of amides is 2. The van der Waals surface area contributed by atoms with E-state index in [-0.39, 0.29) is 11.8 Å². The number of likely N-dealkylation sites (tertiary alicyclic amines) is 1. The normalized spacial score (nSPS) is 22.0. The molecule has 1 aromatic carbocycles. The fourth-order valence-electron chi connectivity index (χ4n) is 5.46. The van der Waals surface area contributed by atoms with E-state index >= 15 is 0 Å². The van der Waals surface area contributed by atoms with Gasteiger partial charge < -0.3 is 14.3 Å². The quantitative estimate of drug-likeness (QED) is 0.665. The lowest BCUT2D eigenvalue weighted by Crippen LogP contribution is -2.54. The molecule has 1 atom stereocenters. The van der Waals surface area contributed by atoms with Crippen molar-refractivity contribution in [2.75, 3.05) is 27.2 Å². The molecule has 1 saturated carbocycles. The van der Waals surface area contributed by atoms with Crippen molar-refractivity contribution < 1.29 is 14.1 Å². The van der Waals surface area contributed by atoms with E-state index in [0.29, 0.717) is 31.1 Å². The highest BCUT2D eigenvalue weighted by atomic mass is 16.5. The van der Waals surface area contributed by atoms with Crippen LogP contribution in [0.3, 0.4) is 0 Å². The van der Waals surface area contributed by atoms with Gasteiger partial charge in [-0.3, -0.25) is 9.59 Å². The summed E-state index contributed by atoms with van der Waals surface area (Å²) in [6, 6.07) is 11.8. The first kappa shape index (κ1) is 22.6. The second kappa shape index (κ2) is 9.88. The predicted octanol–water partition coefficient (Wildman–Crippen LogP) is 4.55. The van der Waals surface area contributed by atoms with E-state index in [2.05, 4.69) is 5.16 Å². The van der Waals surface area contributed by atoms with Crippen molar-refractivity contribution in [2.45, 2.75) is 57.8 Å². The molecular weight excluding hydrogens is 402 g/mol. The van der Waals surface area contributed by atoms with Crippen molar-refractivity contribution in [1.29, 1.82) is 0 Å². The van der Waals surface area contributed by atoms with Gasteiger partial charge in [0.1, 0.15) is 11.5 Å². The SMILES string of the molecule is CN(C)C(=O)[C@@]1(Cc2cc(-c3ccccc3)no2)CCCN(C(=O)CC2CCCCC2)C1. The average Bonchev–Trinajstić information content (AvgIpc) is 3.28. The summed E-state index contributed by atoms with van der Waals surface area (Å²) in [4.78, 5) is 30.1. The van der Waals surface area contributed by atoms with E-state index in [4.69, 9.17) is 4.52 Å². The molecule has 0 spiro atoms. The maximum absolute atomic E-state index is 13.4. The highest BCUT2D eigenvalue weighted by Crippen LogP contribution is 2.37. The average molecular weight is 438 g/mol. The fraction of sp³-hybridized carbons (Fsp3) is 0.577. The van der Waals surface area contributed by atoms with Crippen LogP contribution in [-0.4, -0.2) is 54.0 Å². The van der Waals surface area contributed by atoms with Crippen LogP contribution in [0.15, 0.2) is 40.9 Å². The summed E-state index contributed by atoms with van der Waals surface area (Å²) in [7, 11) is 3.59. The Hall–Kier alpha value is -2.63. The molecule has 6 nitrogen and oxygen atoms in total. The Bertz CT molecular complexity index is 917. The summed E-state index contributed by atoms with van der Waals surface area (Å²) in [6.07, 6.45) is 8.71. The van der Waals surface area contributed by atoms with Gasteiger partial charge in [0.05, 0.1) is 5.41 Å². The Kier molecular flexibility index (Phi) is 6.97. The number of carbonyl (C=O) groups is 2. The molecule has 0 N–H and O–H groups in total. The smallest absolute Gasteiger partial charge is 0.230 e. The number of hydrogen-bond donors (Lipinski definition) is 0. The Morgan fingerprint density at radius 3 is 2.59 bits per heavy atom. The van der Waals surface area contributed by atoms with Crippen LogP contribution in [-0.2, 0) is 16.0 Å². The summed E-state index contributed by atoms with van der Waals surface area (Å²) in [5.41, 5.74) is 1.09. The second-order valence-corrected chi connectivity index (χ2v) is 9.83. The van der Waals surface area contributed by atoms with Gasteiger partial charge in [-0.15, -0.1) is 0 Å². The highest BCUT2D eigenvalue weighted by molar-refractivity contribution is 5.84. The maximum atomic E-state index is 13.4. The molecule has 1 aliphatic heterocycles. The standard InChI is InChI=1S/C26H35N3O3/c1-28(2)25(31)26(18-22-17-23(27-32-22)21-12-7-4-8-13-21)14-9-15-29(19-26)24(30)16-20-10-5-3-6-11-20/h4,7-8,12-13,17,20H,3,5-6,9-11,14-16,18-19H2,1-2H3/t26-/m1/s1. The van der Waals surface area contributed by atoms with E-state index in [0.717, 1.165) is 43.5 Å².